The predicted octanol–water partition coefficient (Wildman–Crippen LogP) is 2.83. The molecule has 0 amide bonds. The zero-order chi connectivity index (χ0) is 12.3. The first-order valence-corrected chi connectivity index (χ1v) is 5.31. The van der Waals surface area contributed by atoms with Gasteiger partial charge in [0.15, 0.2) is 0 Å². The van der Waals surface area contributed by atoms with E-state index in [0.717, 1.165) is 11.1 Å². The molecule has 0 atom stereocenters. The Bertz CT molecular complexity index is 428. The van der Waals surface area contributed by atoms with Crippen LogP contribution in [0.1, 0.15) is 17.2 Å². The van der Waals surface area contributed by atoms with Crippen molar-refractivity contribution >= 4 is 0 Å². The van der Waals surface area contributed by atoms with Crippen LogP contribution >= 0.6 is 0 Å². The van der Waals surface area contributed by atoms with Gasteiger partial charge in [0.1, 0.15) is 17.6 Å². The number of aromatic hydroxyl groups is 2. The molecule has 2 aromatic carbocycles. The summed E-state index contributed by atoms with van der Waals surface area (Å²) < 4.78 is 5.44. The van der Waals surface area contributed by atoms with E-state index in [1.165, 1.54) is 0 Å². The maximum absolute atomic E-state index is 9.24. The molecule has 3 nitrogen and oxygen atoms in total. The van der Waals surface area contributed by atoms with Crippen LogP contribution in [0.3, 0.4) is 0 Å². The zero-order valence-corrected chi connectivity index (χ0v) is 9.50. The normalized spacial score (nSPS) is 10.7. The van der Waals surface area contributed by atoms with Gasteiger partial charge in [-0.25, -0.2) is 0 Å². The highest BCUT2D eigenvalue weighted by atomic mass is 16.5. The van der Waals surface area contributed by atoms with Crippen molar-refractivity contribution in [3.05, 3.63) is 59.7 Å². The van der Waals surface area contributed by atoms with Crippen molar-refractivity contribution in [1.29, 1.82) is 0 Å². The van der Waals surface area contributed by atoms with Crippen LogP contribution in [-0.4, -0.2) is 17.3 Å². The van der Waals surface area contributed by atoms with Gasteiger partial charge in [0.25, 0.3) is 0 Å². The van der Waals surface area contributed by atoms with Gasteiger partial charge in [-0.3, -0.25) is 0 Å². The van der Waals surface area contributed by atoms with Gasteiger partial charge in [0.2, 0.25) is 0 Å². The second-order valence-electron chi connectivity index (χ2n) is 3.80. The highest BCUT2D eigenvalue weighted by Gasteiger charge is 2.12. The molecule has 0 saturated carbocycles. The molecular weight excluding hydrogens is 216 g/mol. The summed E-state index contributed by atoms with van der Waals surface area (Å²) in [5, 5.41) is 18.5. The highest BCUT2D eigenvalue weighted by molar-refractivity contribution is 5.35. The summed E-state index contributed by atoms with van der Waals surface area (Å²) in [7, 11) is 1.63. The van der Waals surface area contributed by atoms with E-state index in [4.69, 9.17) is 4.74 Å². The van der Waals surface area contributed by atoms with Crippen molar-refractivity contribution in [3.8, 4) is 11.5 Å². The molecule has 0 spiro atoms. The van der Waals surface area contributed by atoms with E-state index in [9.17, 15) is 10.2 Å². The molecule has 0 bridgehead atoms. The zero-order valence-electron chi connectivity index (χ0n) is 9.50. The molecule has 0 unspecified atom stereocenters. The number of methoxy groups -OCH3 is 1. The summed E-state index contributed by atoms with van der Waals surface area (Å²) in [6.07, 6.45) is -0.198. The van der Waals surface area contributed by atoms with Crippen LogP contribution in [-0.2, 0) is 4.74 Å². The fourth-order valence-corrected chi connectivity index (χ4v) is 1.76. The first kappa shape index (κ1) is 11.5. The van der Waals surface area contributed by atoms with E-state index in [2.05, 4.69) is 0 Å². The molecule has 2 aromatic rings. The molecule has 0 aromatic heterocycles. The van der Waals surface area contributed by atoms with Crippen molar-refractivity contribution in [2.75, 3.05) is 7.11 Å². The molecular formula is C14H14O3. The van der Waals surface area contributed by atoms with Crippen molar-refractivity contribution < 1.29 is 14.9 Å². The number of benzene rings is 2. The Hall–Kier alpha value is -2.00. The second kappa shape index (κ2) is 4.89. The van der Waals surface area contributed by atoms with Gasteiger partial charge in [-0.15, -0.1) is 0 Å². The van der Waals surface area contributed by atoms with Crippen LogP contribution in [0, 0.1) is 0 Å². The third kappa shape index (κ3) is 2.57. The average molecular weight is 230 g/mol. The molecule has 0 radical (unpaired) electrons. The topological polar surface area (TPSA) is 49.7 Å². The number of hydrogen-bond acceptors (Lipinski definition) is 3. The van der Waals surface area contributed by atoms with Crippen molar-refractivity contribution in [2.24, 2.45) is 0 Å². The van der Waals surface area contributed by atoms with Gasteiger partial charge in [0, 0.05) is 7.11 Å². The van der Waals surface area contributed by atoms with Crippen LogP contribution in [0.15, 0.2) is 48.5 Å². The molecule has 0 fully saturated rings. The Morgan fingerprint density at radius 3 is 1.41 bits per heavy atom. The standard InChI is InChI=1S/C14H14O3/c1-17-14(10-2-6-12(15)7-3-10)11-4-8-13(16)9-5-11/h2-9,14-16H,1H3. The third-order valence-corrected chi connectivity index (χ3v) is 2.63. The second-order valence-corrected chi connectivity index (χ2v) is 3.80. The minimum atomic E-state index is -0.198. The van der Waals surface area contributed by atoms with E-state index in [-0.39, 0.29) is 17.6 Å². The lowest BCUT2D eigenvalue weighted by atomic mass is 10.0. The van der Waals surface area contributed by atoms with Gasteiger partial charge < -0.3 is 14.9 Å². The van der Waals surface area contributed by atoms with E-state index in [1.54, 1.807) is 31.4 Å². The number of phenols is 2. The molecule has 0 saturated heterocycles. The largest absolute Gasteiger partial charge is 0.508 e. The lowest BCUT2D eigenvalue weighted by Gasteiger charge is -2.16. The molecule has 0 aliphatic carbocycles. The molecule has 0 heterocycles. The van der Waals surface area contributed by atoms with Gasteiger partial charge in [-0.05, 0) is 35.4 Å². The van der Waals surface area contributed by atoms with Gasteiger partial charge in [-0.1, -0.05) is 24.3 Å². The molecule has 2 N–H and O–H groups in total. The van der Waals surface area contributed by atoms with E-state index < -0.39 is 0 Å². The Kier molecular flexibility index (Phi) is 3.30. The minimum Gasteiger partial charge on any atom is -0.508 e. The van der Waals surface area contributed by atoms with Crippen molar-refractivity contribution in [2.45, 2.75) is 6.10 Å². The molecule has 2 rings (SSSR count). The average Bonchev–Trinajstić information content (AvgIpc) is 2.35. The highest BCUT2D eigenvalue weighted by Crippen LogP contribution is 2.27. The fourth-order valence-electron chi connectivity index (χ4n) is 1.76. The summed E-state index contributed by atoms with van der Waals surface area (Å²) in [5.41, 5.74) is 1.91. The first-order chi connectivity index (χ1) is 8.20. The number of hydrogen-bond donors (Lipinski definition) is 2. The molecule has 0 aliphatic rings. The van der Waals surface area contributed by atoms with Crippen LogP contribution in [0.25, 0.3) is 0 Å². The van der Waals surface area contributed by atoms with E-state index >= 15 is 0 Å². The summed E-state index contributed by atoms with van der Waals surface area (Å²) >= 11 is 0. The lowest BCUT2D eigenvalue weighted by molar-refractivity contribution is 0.136. The lowest BCUT2D eigenvalue weighted by Crippen LogP contribution is -2.02. The quantitative estimate of drug-likeness (QED) is 0.852. The van der Waals surface area contributed by atoms with E-state index in [0.29, 0.717) is 0 Å². The molecule has 17 heavy (non-hydrogen) atoms. The maximum Gasteiger partial charge on any atom is 0.115 e. The number of ether oxygens (including phenoxy) is 1. The first-order valence-electron chi connectivity index (χ1n) is 5.31. The van der Waals surface area contributed by atoms with E-state index in [1.807, 2.05) is 24.3 Å². The van der Waals surface area contributed by atoms with Crippen molar-refractivity contribution in [3.63, 3.8) is 0 Å². The Balaban J connectivity index is 2.33. The van der Waals surface area contributed by atoms with Gasteiger partial charge in [0.05, 0.1) is 0 Å². The summed E-state index contributed by atoms with van der Waals surface area (Å²) in [4.78, 5) is 0. The van der Waals surface area contributed by atoms with Crippen LogP contribution < -0.4 is 0 Å². The van der Waals surface area contributed by atoms with Gasteiger partial charge in [-0.2, -0.15) is 0 Å². The maximum atomic E-state index is 9.24. The summed E-state index contributed by atoms with van der Waals surface area (Å²) in [5.74, 6) is 0.462. The number of rotatable bonds is 3. The van der Waals surface area contributed by atoms with Crippen LogP contribution in [0.4, 0.5) is 0 Å². The summed E-state index contributed by atoms with van der Waals surface area (Å²) in [6, 6.07) is 13.8. The smallest absolute Gasteiger partial charge is 0.115 e. The van der Waals surface area contributed by atoms with Crippen LogP contribution in [0.5, 0.6) is 11.5 Å². The number of phenolic OH excluding ortho intramolecular Hbond substituents is 2. The molecule has 3 heteroatoms. The molecule has 88 valence electrons. The Morgan fingerprint density at radius 1 is 0.765 bits per heavy atom. The fraction of sp³-hybridized carbons (Fsp3) is 0.143. The van der Waals surface area contributed by atoms with Gasteiger partial charge >= 0.3 is 0 Å². The monoisotopic (exact) mass is 230 g/mol. The predicted molar refractivity (Wildman–Crippen MR) is 65.1 cm³/mol. The summed E-state index contributed by atoms with van der Waals surface area (Å²) in [6.45, 7) is 0. The Morgan fingerprint density at radius 2 is 1.12 bits per heavy atom. The SMILES string of the molecule is COC(c1ccc(O)cc1)c1ccc(O)cc1. The van der Waals surface area contributed by atoms with Crippen molar-refractivity contribution in [1.82, 2.24) is 0 Å². The minimum absolute atomic E-state index is 0.198. The Labute approximate surface area is 99.9 Å². The molecule has 0 aliphatic heterocycles. The third-order valence-electron chi connectivity index (χ3n) is 2.63. The van der Waals surface area contributed by atoms with Crippen LogP contribution in [0.2, 0.25) is 0 Å².